The van der Waals surface area contributed by atoms with Gasteiger partial charge in [-0.05, 0) is 212 Å². The van der Waals surface area contributed by atoms with Crippen LogP contribution in [-0.4, -0.2) is 61.7 Å². The van der Waals surface area contributed by atoms with Gasteiger partial charge in [-0.25, -0.2) is 0 Å². The van der Waals surface area contributed by atoms with Gasteiger partial charge in [0.25, 0.3) is 0 Å². The van der Waals surface area contributed by atoms with Crippen molar-refractivity contribution in [3.05, 3.63) is 23.3 Å². The quantitative estimate of drug-likeness (QED) is 0.174. The van der Waals surface area contributed by atoms with Crippen molar-refractivity contribution in [1.29, 1.82) is 0 Å². The second-order valence-electron chi connectivity index (χ2n) is 30.1. The van der Waals surface area contributed by atoms with Gasteiger partial charge in [-0.15, -0.1) is 0 Å². The third-order valence-corrected chi connectivity index (χ3v) is 26.6. The summed E-state index contributed by atoms with van der Waals surface area (Å²) in [5.74, 6) is 3.29. The fourth-order valence-corrected chi connectivity index (χ4v) is 22.0. The van der Waals surface area contributed by atoms with E-state index in [-0.39, 0.29) is 60.1 Å². The second kappa shape index (κ2) is 15.7. The van der Waals surface area contributed by atoms with Crippen molar-refractivity contribution < 1.29 is 35.1 Å². The number of rotatable bonds is 2. The Bertz CT molecular complexity index is 2120. The molecule has 8 fully saturated rings. The summed E-state index contributed by atoms with van der Waals surface area (Å²) >= 11 is 0. The lowest BCUT2D eigenvalue weighted by Gasteiger charge is -2.71. The van der Waals surface area contributed by atoms with E-state index in [1.54, 1.807) is 5.57 Å². The molecule has 5 N–H and O–H groups in total. The van der Waals surface area contributed by atoms with Crippen LogP contribution < -0.4 is 0 Å². The molecule has 10 aliphatic rings. The Labute approximate surface area is 412 Å². The number of hydrogen-bond acceptors (Lipinski definition) is 6. The maximum Gasteiger partial charge on any atom is 0.310 e. The predicted molar refractivity (Wildman–Crippen MR) is 271 cm³/mol. The molecule has 68 heavy (non-hydrogen) atoms. The molecule has 0 spiro atoms. The molecule has 10 aliphatic carbocycles. The molecule has 0 radical (unpaired) electrons. The van der Waals surface area contributed by atoms with E-state index >= 15 is 0 Å². The summed E-state index contributed by atoms with van der Waals surface area (Å²) < 4.78 is 0. The zero-order valence-electron chi connectivity index (χ0n) is 45.7. The maximum absolute atomic E-state index is 13.2. The number of carbonyl (C=O) groups is 2. The Morgan fingerprint density at radius 2 is 0.971 bits per heavy atom. The summed E-state index contributed by atoms with van der Waals surface area (Å²) in [7, 11) is 0. The molecule has 0 aromatic rings. The molecule has 0 saturated heterocycles. The van der Waals surface area contributed by atoms with Crippen LogP contribution in [0.4, 0.5) is 0 Å². The van der Waals surface area contributed by atoms with Crippen molar-refractivity contribution in [2.45, 2.75) is 237 Å². The highest BCUT2D eigenvalue weighted by Crippen LogP contribution is 2.78. The minimum absolute atomic E-state index is 0.00785. The van der Waals surface area contributed by atoms with Crippen molar-refractivity contribution in [2.75, 3.05) is 0 Å². The monoisotopic (exact) mass is 943 g/mol. The van der Waals surface area contributed by atoms with E-state index in [1.165, 1.54) is 18.4 Å². The molecule has 0 aromatic heterocycles. The molecule has 0 aliphatic heterocycles. The van der Waals surface area contributed by atoms with Crippen LogP contribution in [0.3, 0.4) is 0 Å². The van der Waals surface area contributed by atoms with Gasteiger partial charge < -0.3 is 25.5 Å². The summed E-state index contributed by atoms with van der Waals surface area (Å²) in [6.45, 7) is 34.9. The van der Waals surface area contributed by atoms with Crippen molar-refractivity contribution in [2.24, 2.45) is 107 Å². The van der Waals surface area contributed by atoms with E-state index in [0.29, 0.717) is 60.1 Å². The Morgan fingerprint density at radius 1 is 0.529 bits per heavy atom. The smallest absolute Gasteiger partial charge is 0.310 e. The molecule has 10 rings (SSSR count). The Morgan fingerprint density at radius 3 is 1.44 bits per heavy atom. The average molecular weight is 943 g/mol. The highest BCUT2D eigenvalue weighted by atomic mass is 16.4. The van der Waals surface area contributed by atoms with Gasteiger partial charge in [0.15, 0.2) is 0 Å². The molecule has 7 nitrogen and oxygen atoms in total. The maximum atomic E-state index is 13.2. The number of carboxylic acid groups (broad SMARTS) is 1. The topological polar surface area (TPSA) is 135 Å². The van der Waals surface area contributed by atoms with Crippen LogP contribution in [0, 0.1) is 107 Å². The minimum atomic E-state index is -0.679. The Hall–Kier alpha value is -1.54. The van der Waals surface area contributed by atoms with Crippen LogP contribution in [0.1, 0.15) is 213 Å². The van der Waals surface area contributed by atoms with Crippen molar-refractivity contribution >= 4 is 11.8 Å². The van der Waals surface area contributed by atoms with Crippen LogP contribution in [0.15, 0.2) is 23.3 Å². The van der Waals surface area contributed by atoms with Crippen LogP contribution in [0.2, 0.25) is 0 Å². The summed E-state index contributed by atoms with van der Waals surface area (Å²) in [6, 6.07) is 0. The molecular formula is C61H98O7. The summed E-state index contributed by atoms with van der Waals surface area (Å²) in [4.78, 5) is 26.0. The lowest BCUT2D eigenvalue weighted by atomic mass is 9.33. The van der Waals surface area contributed by atoms with Gasteiger partial charge in [0.2, 0.25) is 0 Å². The van der Waals surface area contributed by atoms with Gasteiger partial charge in [-0.2, -0.15) is 0 Å². The number of aliphatic hydroxyl groups excluding tert-OH is 4. The van der Waals surface area contributed by atoms with E-state index in [9.17, 15) is 35.1 Å². The number of hydrogen-bond donors (Lipinski definition) is 5. The number of allylic oxidation sites excluding steroid dienone is 4. The number of carboxylic acids is 1. The molecule has 0 bridgehead atoms. The first kappa shape index (κ1) is 51.4. The first-order valence-electron chi connectivity index (χ1n) is 28.1. The third-order valence-electron chi connectivity index (χ3n) is 26.6. The van der Waals surface area contributed by atoms with Gasteiger partial charge >= 0.3 is 5.97 Å². The molecule has 0 aromatic carbocycles. The van der Waals surface area contributed by atoms with Gasteiger partial charge in [-0.1, -0.05) is 120 Å². The number of aliphatic carboxylic acids is 1. The lowest BCUT2D eigenvalue weighted by Crippen LogP contribution is -2.67. The standard InChI is InChI=1S/C31H50O3.C30H48O4/c1-18-11-14-31(20(3)32)16-15-29(7)21(25(31)19(18)2)9-10-24-28(6)17-22(33)26(34)27(4,5)23(28)12-13-30(24,29)8;1-25(2)12-14-30(24(33)34)15-13-28(6)18(19(30)16-25)8-9-22-27(5)17-20(31)23(32)26(3,4)21(27)10-11-29(22,28)7/h9,18-19,22-26,33-34H,10-17H2,1-8H3;8,19-23,31-32H,9-17H2,1-7H3,(H,33,34)/t18-,19+,22+,23?,24?,25?,26+,28+,29-,30-,31-;19?,20-,21?,22?,23+,27+,28+,29+,30+/m11/s1. The average Bonchev–Trinajstić information content (AvgIpc) is 3.23. The number of carbonyl (C=O) groups excluding carboxylic acids is 1. The molecular weight excluding hydrogens is 845 g/mol. The third kappa shape index (κ3) is 6.46. The summed E-state index contributed by atoms with van der Waals surface area (Å²) in [6.07, 6.45) is 19.2. The number of fused-ring (bicyclic) bond motifs is 14. The fourth-order valence-electron chi connectivity index (χ4n) is 22.0. The van der Waals surface area contributed by atoms with E-state index in [1.807, 2.05) is 6.92 Å². The summed E-state index contributed by atoms with van der Waals surface area (Å²) in [5.41, 5.74) is 2.21. The number of Topliss-reactive ketones (excluding diaryl/α,β-unsaturated/α-hetero) is 1. The Kier molecular flexibility index (Phi) is 11.9. The van der Waals surface area contributed by atoms with Gasteiger partial charge in [0.05, 0.1) is 29.8 Å². The second-order valence-corrected chi connectivity index (χ2v) is 30.1. The van der Waals surface area contributed by atoms with Crippen LogP contribution in [-0.2, 0) is 9.59 Å². The minimum Gasteiger partial charge on any atom is -0.481 e. The largest absolute Gasteiger partial charge is 0.481 e. The number of ketones is 1. The van der Waals surface area contributed by atoms with E-state index in [0.717, 1.165) is 83.5 Å². The zero-order chi connectivity index (χ0) is 50.2. The summed E-state index contributed by atoms with van der Waals surface area (Å²) in [5, 5.41) is 54.3. The number of aliphatic hydroxyl groups is 4. The first-order valence-corrected chi connectivity index (χ1v) is 28.1. The van der Waals surface area contributed by atoms with Gasteiger partial charge in [0.1, 0.15) is 5.78 Å². The molecule has 8 saturated carbocycles. The zero-order valence-corrected chi connectivity index (χ0v) is 45.7. The molecule has 384 valence electrons. The molecule has 0 amide bonds. The SMILES string of the molecule is CC(=O)[C@]12CC[C@@H](C)[C@H](C)C1C1=CCC3[C@@]4(C)C[C@H](O)[C@H](O)C(C)(C)C4CC[C@@]3(C)[C@]1(C)CC2.CC1(C)CC[C@]2(C(=O)O)CC[C@@]3(C)C(=CCC4[C@@]5(C)C[C@@H](O)[C@H](O)C(C)(C)C5CC[C@@]43C)C2C1. The lowest BCUT2D eigenvalue weighted by molar-refractivity contribution is -0.231. The van der Waals surface area contributed by atoms with Crippen molar-refractivity contribution in [3.8, 4) is 0 Å². The van der Waals surface area contributed by atoms with E-state index < -0.39 is 35.8 Å². The van der Waals surface area contributed by atoms with Crippen LogP contribution in [0.25, 0.3) is 0 Å². The van der Waals surface area contributed by atoms with E-state index in [2.05, 4.69) is 109 Å². The highest BCUT2D eigenvalue weighted by Gasteiger charge is 2.72. The molecule has 0 heterocycles. The first-order chi connectivity index (χ1) is 31.2. The van der Waals surface area contributed by atoms with Crippen LogP contribution >= 0.6 is 0 Å². The van der Waals surface area contributed by atoms with Crippen molar-refractivity contribution in [1.82, 2.24) is 0 Å². The molecule has 6 unspecified atom stereocenters. The van der Waals surface area contributed by atoms with Crippen molar-refractivity contribution in [3.63, 3.8) is 0 Å². The van der Waals surface area contributed by atoms with Gasteiger partial charge in [-0.3, -0.25) is 9.59 Å². The normalized spacial score (nSPS) is 54.9. The highest BCUT2D eigenvalue weighted by molar-refractivity contribution is 5.84. The fraction of sp³-hybridized carbons (Fsp3) is 0.902. The molecule has 7 heteroatoms. The predicted octanol–water partition coefficient (Wildman–Crippen LogP) is 12.8. The molecule has 20 atom stereocenters. The van der Waals surface area contributed by atoms with Crippen LogP contribution in [0.5, 0.6) is 0 Å². The Balaban J connectivity index is 0.000000170. The van der Waals surface area contributed by atoms with Gasteiger partial charge in [0, 0.05) is 5.41 Å². The van der Waals surface area contributed by atoms with E-state index in [4.69, 9.17) is 0 Å².